The second kappa shape index (κ2) is 12.1. The molecule has 4 heterocycles. The number of methoxy groups -OCH3 is 1. The molecular weight excluding hydrogens is 636 g/mol. The van der Waals surface area contributed by atoms with Crippen LogP contribution in [0, 0.1) is 20.8 Å². The van der Waals surface area contributed by atoms with Crippen LogP contribution in [-0.4, -0.2) is 51.2 Å². The summed E-state index contributed by atoms with van der Waals surface area (Å²) in [7, 11) is 1.32. The van der Waals surface area contributed by atoms with Gasteiger partial charge in [-0.2, -0.15) is 19.6 Å². The number of benzene rings is 4. The molecule has 0 saturated carbocycles. The van der Waals surface area contributed by atoms with E-state index < -0.39 is 12.1 Å². The van der Waals surface area contributed by atoms with Crippen molar-refractivity contribution in [2.75, 3.05) is 7.11 Å². The lowest BCUT2D eigenvalue weighted by atomic mass is 10.2. The topological polar surface area (TPSA) is 124 Å². The first-order chi connectivity index (χ1) is 24.3. The molecule has 8 rings (SSSR count). The first-order valence-electron chi connectivity index (χ1n) is 15.8. The predicted molar refractivity (Wildman–Crippen MR) is 185 cm³/mol. The Hall–Kier alpha value is -6.69. The third-order valence-corrected chi connectivity index (χ3v) is 8.20. The lowest BCUT2D eigenvalue weighted by Gasteiger charge is -2.32. The van der Waals surface area contributed by atoms with E-state index in [4.69, 9.17) is 43.9 Å². The van der Waals surface area contributed by atoms with Crippen LogP contribution in [0.4, 0.5) is 11.4 Å². The normalized spacial score (nSPS) is 17.1. The minimum atomic E-state index is -2.39. The third kappa shape index (κ3) is 5.42. The van der Waals surface area contributed by atoms with Gasteiger partial charge in [-0.25, -0.2) is 4.79 Å². The van der Waals surface area contributed by atoms with E-state index in [-0.39, 0.29) is 28.8 Å². The quantitative estimate of drug-likeness (QED) is 0.183. The molecule has 1 spiro atoms. The molecule has 0 bridgehead atoms. The maximum atomic E-state index is 12.6. The van der Waals surface area contributed by atoms with Gasteiger partial charge in [0.05, 0.1) is 46.6 Å². The highest BCUT2D eigenvalue weighted by molar-refractivity contribution is 5.92. The SMILES string of the molecule is COC(=O)c1ccc2c(c1)/N=C/c1c(C)nn(-c3ccccc3)c1OC1(Oc3ccc(C)cc3/N=C/c3c(C)nn(-c4ccccc4)c3O1)O2. The van der Waals surface area contributed by atoms with Gasteiger partial charge in [0.25, 0.3) is 0 Å². The molecule has 0 amide bonds. The summed E-state index contributed by atoms with van der Waals surface area (Å²) in [5.74, 6) is 0.417. The number of para-hydroxylation sites is 2. The van der Waals surface area contributed by atoms with Crippen molar-refractivity contribution in [3.63, 3.8) is 0 Å². The van der Waals surface area contributed by atoms with E-state index in [1.807, 2.05) is 93.6 Å². The molecule has 248 valence electrons. The number of nitrogens with zero attached hydrogens (tertiary/aromatic N) is 6. The molecule has 2 aliphatic rings. The van der Waals surface area contributed by atoms with E-state index in [0.717, 1.165) is 5.56 Å². The monoisotopic (exact) mass is 666 g/mol. The van der Waals surface area contributed by atoms with E-state index in [1.54, 1.807) is 46.1 Å². The number of ether oxygens (including phenoxy) is 5. The van der Waals surface area contributed by atoms with Crippen molar-refractivity contribution in [1.82, 2.24) is 19.6 Å². The highest BCUT2D eigenvalue weighted by Gasteiger charge is 2.49. The van der Waals surface area contributed by atoms with Crippen LogP contribution >= 0.6 is 0 Å². The van der Waals surface area contributed by atoms with Crippen LogP contribution in [0.5, 0.6) is 23.3 Å². The summed E-state index contributed by atoms with van der Waals surface area (Å²) in [6, 6.07) is 29.3. The minimum absolute atomic E-state index is 0.189. The van der Waals surface area contributed by atoms with Crippen molar-refractivity contribution in [2.45, 2.75) is 26.9 Å². The number of fused-ring (bicyclic) bond motifs is 4. The van der Waals surface area contributed by atoms with Crippen molar-refractivity contribution in [3.05, 3.63) is 131 Å². The highest BCUT2D eigenvalue weighted by atomic mass is 17.0. The summed E-state index contributed by atoms with van der Waals surface area (Å²) in [4.78, 5) is 22.2. The van der Waals surface area contributed by atoms with Gasteiger partial charge in [0, 0.05) is 12.4 Å². The molecule has 12 nitrogen and oxygen atoms in total. The fourth-order valence-corrected chi connectivity index (χ4v) is 5.68. The number of aromatic nitrogens is 4. The van der Waals surface area contributed by atoms with Crippen molar-refractivity contribution in [3.8, 4) is 34.6 Å². The summed E-state index contributed by atoms with van der Waals surface area (Å²) in [5.41, 5.74) is 5.78. The van der Waals surface area contributed by atoms with E-state index in [0.29, 0.717) is 45.3 Å². The molecule has 2 aromatic heterocycles. The van der Waals surface area contributed by atoms with Crippen LogP contribution in [0.25, 0.3) is 11.4 Å². The van der Waals surface area contributed by atoms with Crippen molar-refractivity contribution >= 4 is 29.8 Å². The average molecular weight is 667 g/mol. The van der Waals surface area contributed by atoms with Crippen molar-refractivity contribution < 1.29 is 28.5 Å². The second-order valence-corrected chi connectivity index (χ2v) is 11.7. The van der Waals surface area contributed by atoms with Crippen LogP contribution in [0.15, 0.2) is 107 Å². The number of aliphatic imine (C=N–C) groups is 2. The van der Waals surface area contributed by atoms with Gasteiger partial charge in [0.15, 0.2) is 11.5 Å². The zero-order valence-corrected chi connectivity index (χ0v) is 27.5. The van der Waals surface area contributed by atoms with E-state index in [2.05, 4.69) is 0 Å². The van der Waals surface area contributed by atoms with Crippen LogP contribution in [0.2, 0.25) is 0 Å². The molecule has 1 atom stereocenters. The Morgan fingerprint density at radius 3 is 1.66 bits per heavy atom. The number of rotatable bonds is 3. The van der Waals surface area contributed by atoms with Crippen LogP contribution in [0.1, 0.15) is 38.4 Å². The largest absolute Gasteiger partial charge is 0.613 e. The summed E-state index contributed by atoms with van der Waals surface area (Å²) in [6.07, 6.45) is 0.906. The van der Waals surface area contributed by atoms with Gasteiger partial charge in [-0.3, -0.25) is 9.98 Å². The van der Waals surface area contributed by atoms with Gasteiger partial charge in [0.1, 0.15) is 11.4 Å². The molecule has 12 heteroatoms. The van der Waals surface area contributed by atoms with Crippen molar-refractivity contribution in [2.24, 2.45) is 9.98 Å². The predicted octanol–water partition coefficient (Wildman–Crippen LogP) is 7.12. The fraction of sp³-hybridized carbons (Fsp3) is 0.132. The van der Waals surface area contributed by atoms with Crippen molar-refractivity contribution in [1.29, 1.82) is 0 Å². The number of carbonyl (C=O) groups is 1. The van der Waals surface area contributed by atoms with Gasteiger partial charge >= 0.3 is 12.1 Å². The maximum Gasteiger partial charge on any atom is 0.613 e. The van der Waals surface area contributed by atoms with Crippen LogP contribution in [0.3, 0.4) is 0 Å². The number of hydrogen-bond donors (Lipinski definition) is 0. The summed E-state index contributed by atoms with van der Waals surface area (Å²) >= 11 is 0. The molecule has 1 unspecified atom stereocenters. The molecule has 50 heavy (non-hydrogen) atoms. The van der Waals surface area contributed by atoms with Gasteiger partial charge < -0.3 is 23.7 Å². The Bertz CT molecular complexity index is 2330. The van der Waals surface area contributed by atoms with Gasteiger partial charge in [-0.05, 0) is 80.9 Å². The molecule has 4 aromatic carbocycles. The summed E-state index contributed by atoms with van der Waals surface area (Å²) < 4.78 is 35.5. The minimum Gasteiger partial charge on any atom is -0.465 e. The average Bonchev–Trinajstić information content (AvgIpc) is 3.64. The molecule has 0 fully saturated rings. The second-order valence-electron chi connectivity index (χ2n) is 11.7. The number of carbonyl (C=O) groups excluding carboxylic acids is 1. The highest BCUT2D eigenvalue weighted by Crippen LogP contribution is 2.42. The van der Waals surface area contributed by atoms with Gasteiger partial charge in [0.2, 0.25) is 11.8 Å². The Balaban J connectivity index is 1.42. The lowest BCUT2D eigenvalue weighted by Crippen LogP contribution is -2.54. The molecule has 0 N–H and O–H groups in total. The number of esters is 1. The Kier molecular flexibility index (Phi) is 7.40. The van der Waals surface area contributed by atoms with E-state index in [1.165, 1.54) is 7.11 Å². The summed E-state index contributed by atoms with van der Waals surface area (Å²) in [5, 5.41) is 9.64. The zero-order chi connectivity index (χ0) is 34.4. The van der Waals surface area contributed by atoms with E-state index in [9.17, 15) is 4.79 Å². The molecule has 0 aliphatic carbocycles. The van der Waals surface area contributed by atoms with Gasteiger partial charge in [-0.1, -0.05) is 42.5 Å². The Morgan fingerprint density at radius 1 is 0.640 bits per heavy atom. The standard InChI is InChI=1S/C38H30N6O6/c1-23-15-17-33-31(19-23)39-21-29-24(2)41-43(27-11-7-5-8-12-27)35(29)49-38(47-33)48-34-18-16-26(37(45)46-4)20-32(34)40-22-30-25(3)42-44(36(30)50-38)28-13-9-6-10-14-28/h5-22H,1-4H3/b39-21+,40-22+. The van der Waals surface area contributed by atoms with Gasteiger partial charge in [-0.15, -0.1) is 0 Å². The molecule has 2 aliphatic heterocycles. The van der Waals surface area contributed by atoms with E-state index >= 15 is 0 Å². The first-order valence-corrected chi connectivity index (χ1v) is 15.8. The smallest absolute Gasteiger partial charge is 0.465 e. The maximum absolute atomic E-state index is 12.6. The zero-order valence-electron chi connectivity index (χ0n) is 27.5. The Morgan fingerprint density at radius 2 is 1.14 bits per heavy atom. The Labute approximate surface area is 286 Å². The first kappa shape index (κ1) is 30.6. The number of hydrogen-bond acceptors (Lipinski definition) is 10. The van der Waals surface area contributed by atoms with Crippen LogP contribution < -0.4 is 18.9 Å². The molecular formula is C38H30N6O6. The lowest BCUT2D eigenvalue weighted by molar-refractivity contribution is -0.369. The van der Waals surface area contributed by atoms with Crippen LogP contribution in [-0.2, 0) is 4.74 Å². The fourth-order valence-electron chi connectivity index (χ4n) is 5.68. The molecule has 0 radical (unpaired) electrons. The molecule has 0 saturated heterocycles. The molecule has 6 aromatic rings. The number of aryl methyl sites for hydroxylation is 3. The third-order valence-electron chi connectivity index (χ3n) is 8.20. The summed E-state index contributed by atoms with van der Waals surface area (Å²) in [6.45, 7) is 5.67.